The molecule has 9 heteroatoms. The lowest BCUT2D eigenvalue weighted by Gasteiger charge is -2.35. The predicted molar refractivity (Wildman–Crippen MR) is 123 cm³/mol. The van der Waals surface area contributed by atoms with Crippen molar-refractivity contribution in [1.29, 1.82) is 0 Å². The molecule has 0 bridgehead atoms. The van der Waals surface area contributed by atoms with E-state index in [1.165, 1.54) is 23.5 Å². The number of nitrogens with zero attached hydrogens (tertiary/aromatic N) is 2. The van der Waals surface area contributed by atoms with Gasteiger partial charge in [0.25, 0.3) is 0 Å². The van der Waals surface area contributed by atoms with E-state index >= 15 is 0 Å². The number of anilines is 1. The second-order valence-corrected chi connectivity index (χ2v) is 10.3. The molecular formula is C23H23FN2O4S2. The minimum atomic E-state index is -3.95. The summed E-state index contributed by atoms with van der Waals surface area (Å²) < 4.78 is 46.9. The summed E-state index contributed by atoms with van der Waals surface area (Å²) in [5, 5.41) is 1.69. The van der Waals surface area contributed by atoms with Gasteiger partial charge in [-0.15, -0.1) is 11.3 Å². The molecule has 0 amide bonds. The Hall–Kier alpha value is -2.75. The highest BCUT2D eigenvalue weighted by Crippen LogP contribution is 2.38. The molecule has 3 aromatic rings. The zero-order valence-electron chi connectivity index (χ0n) is 17.7. The molecule has 2 aromatic carbocycles. The first-order valence-electron chi connectivity index (χ1n) is 10.1. The summed E-state index contributed by atoms with van der Waals surface area (Å²) in [5.74, 6) is -0.983. The van der Waals surface area contributed by atoms with E-state index in [2.05, 4.69) is 0 Å². The lowest BCUT2D eigenvalue weighted by molar-refractivity contribution is 0.0602. The fourth-order valence-corrected chi connectivity index (χ4v) is 6.83. The van der Waals surface area contributed by atoms with Gasteiger partial charge in [-0.1, -0.05) is 29.8 Å². The molecule has 0 atom stereocenters. The van der Waals surface area contributed by atoms with Gasteiger partial charge in [-0.05, 0) is 36.8 Å². The van der Waals surface area contributed by atoms with Crippen LogP contribution in [0.3, 0.4) is 0 Å². The standard InChI is InChI=1S/C23H23FN2O4S2/c1-16-3-5-17(6-4-16)20-15-31-21(23(27)30-2)22(20)32(28,29)26-13-11-25(12-14-26)19-9-7-18(24)8-10-19/h3-10,15H,11-14H2,1-2H3. The van der Waals surface area contributed by atoms with Crippen LogP contribution in [0.5, 0.6) is 0 Å². The van der Waals surface area contributed by atoms with E-state index in [4.69, 9.17) is 4.74 Å². The zero-order valence-corrected chi connectivity index (χ0v) is 19.4. The van der Waals surface area contributed by atoms with Crippen LogP contribution in [-0.4, -0.2) is 52.0 Å². The molecule has 1 aliphatic heterocycles. The SMILES string of the molecule is COC(=O)c1scc(-c2ccc(C)cc2)c1S(=O)(=O)N1CCN(c2ccc(F)cc2)CC1. The predicted octanol–water partition coefficient (Wildman–Crippen LogP) is 4.16. The van der Waals surface area contributed by atoms with Gasteiger partial charge < -0.3 is 9.64 Å². The van der Waals surface area contributed by atoms with Gasteiger partial charge in [-0.2, -0.15) is 4.31 Å². The Bertz CT molecular complexity index is 1210. The number of ether oxygens (including phenoxy) is 1. The molecule has 32 heavy (non-hydrogen) atoms. The highest BCUT2D eigenvalue weighted by molar-refractivity contribution is 7.89. The number of hydrogen-bond donors (Lipinski definition) is 0. The van der Waals surface area contributed by atoms with E-state index in [1.54, 1.807) is 17.5 Å². The van der Waals surface area contributed by atoms with Crippen molar-refractivity contribution in [3.05, 3.63) is 70.2 Å². The number of benzene rings is 2. The Labute approximate surface area is 190 Å². The maximum atomic E-state index is 13.7. The third-order valence-electron chi connectivity index (χ3n) is 5.51. The van der Waals surface area contributed by atoms with Gasteiger partial charge in [0, 0.05) is 42.8 Å². The van der Waals surface area contributed by atoms with E-state index in [-0.39, 0.29) is 28.7 Å². The molecule has 0 unspecified atom stereocenters. The monoisotopic (exact) mass is 474 g/mol. The Morgan fingerprint density at radius 2 is 1.62 bits per heavy atom. The van der Waals surface area contributed by atoms with Crippen LogP contribution in [0.1, 0.15) is 15.2 Å². The summed E-state index contributed by atoms with van der Waals surface area (Å²) in [7, 11) is -2.71. The minimum absolute atomic E-state index is 0.00608. The number of aryl methyl sites for hydroxylation is 1. The highest BCUT2D eigenvalue weighted by Gasteiger charge is 2.36. The summed E-state index contributed by atoms with van der Waals surface area (Å²) in [5.41, 5.74) is 3.12. The third kappa shape index (κ3) is 4.28. The van der Waals surface area contributed by atoms with Gasteiger partial charge in [0.2, 0.25) is 10.0 Å². The van der Waals surface area contributed by atoms with Crippen LogP contribution in [0.25, 0.3) is 11.1 Å². The van der Waals surface area contributed by atoms with E-state index in [0.29, 0.717) is 18.7 Å². The number of sulfonamides is 1. The number of thiophene rings is 1. The largest absolute Gasteiger partial charge is 0.465 e. The molecule has 4 rings (SSSR count). The number of esters is 1. The van der Waals surface area contributed by atoms with Crippen molar-refractivity contribution in [2.75, 3.05) is 38.2 Å². The van der Waals surface area contributed by atoms with Crippen molar-refractivity contribution in [1.82, 2.24) is 4.31 Å². The van der Waals surface area contributed by atoms with Crippen LogP contribution in [0.2, 0.25) is 0 Å². The fraction of sp³-hybridized carbons (Fsp3) is 0.261. The number of hydrogen-bond acceptors (Lipinski definition) is 6. The van der Waals surface area contributed by atoms with Crippen LogP contribution in [0.15, 0.2) is 58.8 Å². The second kappa shape index (κ2) is 9.01. The Morgan fingerprint density at radius 3 is 2.22 bits per heavy atom. The maximum Gasteiger partial charge on any atom is 0.349 e. The normalized spacial score (nSPS) is 15.0. The quantitative estimate of drug-likeness (QED) is 0.520. The number of rotatable bonds is 5. The first-order valence-corrected chi connectivity index (χ1v) is 12.4. The number of piperazine rings is 1. The number of carbonyl (C=O) groups excluding carboxylic acids is 1. The molecule has 1 fully saturated rings. The van der Waals surface area contributed by atoms with Crippen molar-refractivity contribution in [3.8, 4) is 11.1 Å². The molecule has 1 saturated heterocycles. The van der Waals surface area contributed by atoms with Crippen LogP contribution in [-0.2, 0) is 14.8 Å². The number of halogens is 1. The fourth-order valence-electron chi connectivity index (χ4n) is 3.74. The highest BCUT2D eigenvalue weighted by atomic mass is 32.2. The lowest BCUT2D eigenvalue weighted by atomic mass is 10.1. The molecule has 2 heterocycles. The smallest absolute Gasteiger partial charge is 0.349 e. The van der Waals surface area contributed by atoms with E-state index in [0.717, 1.165) is 28.2 Å². The zero-order chi connectivity index (χ0) is 22.9. The van der Waals surface area contributed by atoms with E-state index in [9.17, 15) is 17.6 Å². The Balaban J connectivity index is 1.66. The third-order valence-corrected chi connectivity index (χ3v) is 8.58. The van der Waals surface area contributed by atoms with Crippen molar-refractivity contribution in [3.63, 3.8) is 0 Å². The molecule has 0 saturated carbocycles. The Morgan fingerprint density at radius 1 is 1.00 bits per heavy atom. The summed E-state index contributed by atoms with van der Waals surface area (Å²) in [6.07, 6.45) is 0. The molecule has 0 spiro atoms. The molecule has 1 aromatic heterocycles. The molecule has 0 radical (unpaired) electrons. The van der Waals surface area contributed by atoms with Crippen LogP contribution >= 0.6 is 11.3 Å². The Kier molecular flexibility index (Phi) is 6.32. The van der Waals surface area contributed by atoms with Crippen LogP contribution in [0, 0.1) is 12.7 Å². The summed E-state index contributed by atoms with van der Waals surface area (Å²) in [6.45, 7) is 3.38. The maximum absolute atomic E-state index is 13.7. The van der Waals surface area contributed by atoms with Gasteiger partial charge in [0.15, 0.2) is 0 Å². The topological polar surface area (TPSA) is 66.9 Å². The van der Waals surface area contributed by atoms with Crippen molar-refractivity contribution >= 4 is 33.0 Å². The average molecular weight is 475 g/mol. The van der Waals surface area contributed by atoms with Gasteiger partial charge >= 0.3 is 5.97 Å². The molecule has 0 aliphatic carbocycles. The second-order valence-electron chi connectivity index (χ2n) is 7.53. The van der Waals surface area contributed by atoms with Crippen molar-refractivity contribution in [2.45, 2.75) is 11.8 Å². The van der Waals surface area contributed by atoms with Gasteiger partial charge in [0.05, 0.1) is 7.11 Å². The first kappa shape index (κ1) is 22.4. The van der Waals surface area contributed by atoms with Gasteiger partial charge in [-0.3, -0.25) is 0 Å². The molecule has 168 valence electrons. The van der Waals surface area contributed by atoms with Crippen LogP contribution < -0.4 is 4.90 Å². The molecule has 1 aliphatic rings. The summed E-state index contributed by atoms with van der Waals surface area (Å²) in [4.78, 5) is 14.5. The number of carbonyl (C=O) groups is 1. The molecular weight excluding hydrogens is 451 g/mol. The summed E-state index contributed by atoms with van der Waals surface area (Å²) in [6, 6.07) is 13.7. The lowest BCUT2D eigenvalue weighted by Crippen LogP contribution is -2.48. The average Bonchev–Trinajstić information content (AvgIpc) is 3.26. The molecule has 6 nitrogen and oxygen atoms in total. The first-order chi connectivity index (χ1) is 15.3. The van der Waals surface area contributed by atoms with Crippen molar-refractivity contribution in [2.24, 2.45) is 0 Å². The molecule has 0 N–H and O–H groups in total. The van der Waals surface area contributed by atoms with E-state index < -0.39 is 16.0 Å². The van der Waals surface area contributed by atoms with Gasteiger partial charge in [0.1, 0.15) is 15.6 Å². The van der Waals surface area contributed by atoms with Crippen molar-refractivity contribution < 1.29 is 22.3 Å². The minimum Gasteiger partial charge on any atom is -0.465 e. The van der Waals surface area contributed by atoms with Crippen LogP contribution in [0.4, 0.5) is 10.1 Å². The van der Waals surface area contributed by atoms with E-state index in [1.807, 2.05) is 36.1 Å². The number of methoxy groups -OCH3 is 1. The van der Waals surface area contributed by atoms with Gasteiger partial charge in [-0.25, -0.2) is 17.6 Å². The summed E-state index contributed by atoms with van der Waals surface area (Å²) >= 11 is 1.07.